The van der Waals surface area contributed by atoms with Crippen molar-refractivity contribution < 1.29 is 0 Å². The van der Waals surface area contributed by atoms with Crippen LogP contribution in [0.2, 0.25) is 0 Å². The molecule has 0 aliphatic heterocycles. The summed E-state index contributed by atoms with van der Waals surface area (Å²) in [5.74, 6) is 0. The molecule has 368 valence electrons. The van der Waals surface area contributed by atoms with Crippen molar-refractivity contribution in [3.8, 4) is 72.4 Å². The van der Waals surface area contributed by atoms with Gasteiger partial charge < -0.3 is 9.47 Å². The highest BCUT2D eigenvalue weighted by Gasteiger charge is 2.51. The van der Waals surface area contributed by atoms with Gasteiger partial charge in [0.15, 0.2) is 0 Å². The minimum Gasteiger partial charge on any atom is -0.310 e. The number of para-hydroxylation sites is 1. The van der Waals surface area contributed by atoms with Gasteiger partial charge in [0.2, 0.25) is 0 Å². The van der Waals surface area contributed by atoms with Crippen LogP contribution in [0.25, 0.3) is 105 Å². The molecule has 1 aromatic heterocycles. The standard InChI is InChI=1S/C77H50N2/c1-3-17-51(18-4-1)53-35-39-61(40-36-53)79-75-32-14-10-28-69(75)70-49-60(38-44-76(70)79)55-22-15-21-54(45-55)56-23-16-24-62(47-56)78(63-41-37-58-46-57(33-34-59(58)48-63)52-19-5-2-6-20-52)64-42-43-68-67-27-9-13-31-73(67)77(74(68)50-64)71-29-11-7-25-65(71)66-26-8-12-30-72(66)77/h1-50H. The van der Waals surface area contributed by atoms with E-state index in [4.69, 9.17) is 0 Å². The summed E-state index contributed by atoms with van der Waals surface area (Å²) in [7, 11) is 0. The van der Waals surface area contributed by atoms with E-state index in [0.717, 1.165) is 33.9 Å². The fourth-order valence-corrected chi connectivity index (χ4v) is 13.4. The van der Waals surface area contributed by atoms with E-state index in [1.165, 1.54) is 110 Å². The Morgan fingerprint density at radius 1 is 0.241 bits per heavy atom. The summed E-state index contributed by atoms with van der Waals surface area (Å²) in [6.45, 7) is 0. The Balaban J connectivity index is 0.823. The van der Waals surface area contributed by atoms with Crippen molar-refractivity contribution in [1.82, 2.24) is 4.57 Å². The van der Waals surface area contributed by atoms with Crippen molar-refractivity contribution >= 4 is 49.6 Å². The van der Waals surface area contributed by atoms with E-state index in [2.05, 4.69) is 313 Å². The predicted molar refractivity (Wildman–Crippen MR) is 331 cm³/mol. The molecule has 0 unspecified atom stereocenters. The van der Waals surface area contributed by atoms with Crippen LogP contribution in [0.5, 0.6) is 0 Å². The molecule has 0 amide bonds. The number of rotatable bonds is 8. The number of anilines is 3. The molecular formula is C77H50N2. The monoisotopic (exact) mass is 1000 g/mol. The highest BCUT2D eigenvalue weighted by atomic mass is 15.1. The van der Waals surface area contributed by atoms with Gasteiger partial charge in [-0.25, -0.2) is 0 Å². The van der Waals surface area contributed by atoms with Gasteiger partial charge in [0.25, 0.3) is 0 Å². The Kier molecular flexibility index (Phi) is 10.2. The molecule has 14 aromatic rings. The molecule has 0 atom stereocenters. The molecule has 0 radical (unpaired) electrons. The first-order valence-corrected chi connectivity index (χ1v) is 27.4. The van der Waals surface area contributed by atoms with Crippen LogP contribution in [0.3, 0.4) is 0 Å². The van der Waals surface area contributed by atoms with E-state index in [9.17, 15) is 0 Å². The number of hydrogen-bond donors (Lipinski definition) is 0. The third kappa shape index (κ3) is 7.05. The van der Waals surface area contributed by atoms with Crippen molar-refractivity contribution in [2.45, 2.75) is 5.41 Å². The van der Waals surface area contributed by atoms with Crippen molar-refractivity contribution in [2.24, 2.45) is 0 Å². The lowest BCUT2D eigenvalue weighted by Gasteiger charge is -2.32. The average Bonchev–Trinajstić information content (AvgIpc) is 3.79. The minimum absolute atomic E-state index is 0.466. The molecule has 2 heteroatoms. The van der Waals surface area contributed by atoms with Crippen LogP contribution in [0.4, 0.5) is 17.1 Å². The van der Waals surface area contributed by atoms with Gasteiger partial charge in [0, 0.05) is 33.5 Å². The zero-order chi connectivity index (χ0) is 52.0. The first-order valence-electron chi connectivity index (χ1n) is 27.4. The minimum atomic E-state index is -0.466. The number of benzene rings is 13. The quantitative estimate of drug-likeness (QED) is 0.147. The van der Waals surface area contributed by atoms with Crippen LogP contribution in [0.1, 0.15) is 22.3 Å². The van der Waals surface area contributed by atoms with Gasteiger partial charge in [-0.3, -0.25) is 0 Å². The molecule has 0 bridgehead atoms. The van der Waals surface area contributed by atoms with Crippen molar-refractivity contribution in [1.29, 1.82) is 0 Å². The molecule has 1 heterocycles. The summed E-state index contributed by atoms with van der Waals surface area (Å²) in [6, 6.07) is 112. The number of nitrogens with zero attached hydrogens (tertiary/aromatic N) is 2. The summed E-state index contributed by atoms with van der Waals surface area (Å²) >= 11 is 0. The smallest absolute Gasteiger partial charge is 0.0726 e. The molecule has 2 nitrogen and oxygen atoms in total. The molecule has 13 aromatic carbocycles. The van der Waals surface area contributed by atoms with Gasteiger partial charge in [0.05, 0.1) is 16.4 Å². The van der Waals surface area contributed by atoms with Gasteiger partial charge in [-0.15, -0.1) is 0 Å². The van der Waals surface area contributed by atoms with Crippen molar-refractivity contribution in [2.75, 3.05) is 4.90 Å². The first kappa shape index (κ1) is 45.0. The first-order chi connectivity index (χ1) is 39.2. The van der Waals surface area contributed by atoms with Gasteiger partial charge in [0.1, 0.15) is 0 Å². The van der Waals surface area contributed by atoms with Crippen LogP contribution >= 0.6 is 0 Å². The molecule has 0 fully saturated rings. The summed E-state index contributed by atoms with van der Waals surface area (Å²) in [5.41, 5.74) is 26.4. The lowest BCUT2D eigenvalue weighted by molar-refractivity contribution is 0.793. The van der Waals surface area contributed by atoms with Crippen molar-refractivity contribution in [3.63, 3.8) is 0 Å². The maximum atomic E-state index is 2.50. The predicted octanol–water partition coefficient (Wildman–Crippen LogP) is 20.4. The molecule has 79 heavy (non-hydrogen) atoms. The zero-order valence-electron chi connectivity index (χ0n) is 43.3. The van der Waals surface area contributed by atoms with E-state index in [0.29, 0.717) is 0 Å². The Hall–Kier alpha value is -10.3. The van der Waals surface area contributed by atoms with Gasteiger partial charge >= 0.3 is 0 Å². The average molecular weight is 1000 g/mol. The number of aromatic nitrogens is 1. The molecular weight excluding hydrogens is 953 g/mol. The number of fused-ring (bicyclic) bond motifs is 14. The van der Waals surface area contributed by atoms with E-state index in [1.807, 2.05) is 0 Å². The van der Waals surface area contributed by atoms with E-state index in [-0.39, 0.29) is 0 Å². The third-order valence-corrected chi connectivity index (χ3v) is 17.0. The van der Waals surface area contributed by atoms with Crippen LogP contribution < -0.4 is 4.90 Å². The second-order valence-electron chi connectivity index (χ2n) is 21.2. The molecule has 0 saturated carbocycles. The van der Waals surface area contributed by atoms with Crippen LogP contribution in [0, 0.1) is 0 Å². The Bertz CT molecular complexity index is 4650. The third-order valence-electron chi connectivity index (χ3n) is 17.0. The largest absolute Gasteiger partial charge is 0.310 e. The van der Waals surface area contributed by atoms with Gasteiger partial charge in [-0.2, -0.15) is 0 Å². The maximum Gasteiger partial charge on any atom is 0.0726 e. The highest BCUT2D eigenvalue weighted by Crippen LogP contribution is 2.63. The van der Waals surface area contributed by atoms with E-state index >= 15 is 0 Å². The molecule has 2 aliphatic rings. The van der Waals surface area contributed by atoms with Crippen LogP contribution in [0.15, 0.2) is 303 Å². The number of hydrogen-bond acceptors (Lipinski definition) is 1. The summed E-state index contributed by atoms with van der Waals surface area (Å²) in [5, 5.41) is 4.87. The summed E-state index contributed by atoms with van der Waals surface area (Å²) < 4.78 is 2.40. The van der Waals surface area contributed by atoms with Crippen molar-refractivity contribution in [3.05, 3.63) is 326 Å². The molecule has 2 aliphatic carbocycles. The lowest BCUT2D eigenvalue weighted by Crippen LogP contribution is -2.26. The molecule has 0 saturated heterocycles. The topological polar surface area (TPSA) is 8.17 Å². The second-order valence-corrected chi connectivity index (χ2v) is 21.2. The van der Waals surface area contributed by atoms with Gasteiger partial charge in [-0.05, 0) is 179 Å². The fraction of sp³-hybridized carbons (Fsp3) is 0.0130. The Morgan fingerprint density at radius 3 is 1.38 bits per heavy atom. The molecule has 16 rings (SSSR count). The zero-order valence-corrected chi connectivity index (χ0v) is 43.3. The molecule has 1 spiro atoms. The summed E-state index contributed by atoms with van der Waals surface area (Å²) in [6.07, 6.45) is 0. The summed E-state index contributed by atoms with van der Waals surface area (Å²) in [4.78, 5) is 2.47. The Labute approximate surface area is 460 Å². The maximum absolute atomic E-state index is 2.50. The fourth-order valence-electron chi connectivity index (χ4n) is 13.4. The Morgan fingerprint density at radius 2 is 0.684 bits per heavy atom. The van der Waals surface area contributed by atoms with Crippen LogP contribution in [-0.2, 0) is 5.41 Å². The lowest BCUT2D eigenvalue weighted by atomic mass is 9.70. The molecule has 0 N–H and O–H groups in total. The van der Waals surface area contributed by atoms with Gasteiger partial charge in [-0.1, -0.05) is 224 Å². The normalized spacial score (nSPS) is 12.7. The second kappa shape index (κ2) is 17.9. The van der Waals surface area contributed by atoms with E-state index in [1.54, 1.807) is 0 Å². The highest BCUT2D eigenvalue weighted by molar-refractivity contribution is 6.10. The van der Waals surface area contributed by atoms with E-state index < -0.39 is 5.41 Å². The SMILES string of the molecule is c1ccc(-c2ccc(-n3c4ccccc4c4cc(-c5cccc(-c6cccc(N(c7ccc8c(c7)C7(c9ccccc9-c9ccccc97)c7ccccc7-8)c7ccc8cc(-c9ccccc9)ccc8c7)c6)c5)ccc43)cc2)cc1. The van der Waals surface area contributed by atoms with Crippen LogP contribution in [-0.4, -0.2) is 4.57 Å².